The molecule has 1 amide bonds. The van der Waals surface area contributed by atoms with Gasteiger partial charge in [0.15, 0.2) is 11.6 Å². The van der Waals surface area contributed by atoms with Gasteiger partial charge in [-0.25, -0.2) is 9.37 Å². The van der Waals surface area contributed by atoms with E-state index in [1.165, 1.54) is 12.6 Å². The van der Waals surface area contributed by atoms with Crippen LogP contribution in [0.1, 0.15) is 44.6 Å². The Bertz CT molecular complexity index is 1540. The van der Waals surface area contributed by atoms with E-state index < -0.39 is 11.9 Å². The van der Waals surface area contributed by atoms with Crippen LogP contribution in [0.2, 0.25) is 0 Å². The van der Waals surface area contributed by atoms with Crippen LogP contribution in [0.15, 0.2) is 48.8 Å². The van der Waals surface area contributed by atoms with Gasteiger partial charge in [0.2, 0.25) is 5.95 Å². The summed E-state index contributed by atoms with van der Waals surface area (Å²) in [6, 6.07) is 12.1. The fourth-order valence-corrected chi connectivity index (χ4v) is 5.41. The second-order valence-corrected chi connectivity index (χ2v) is 9.50. The number of halogens is 1. The second kappa shape index (κ2) is 9.17. The van der Waals surface area contributed by atoms with Gasteiger partial charge in [0.1, 0.15) is 11.7 Å². The summed E-state index contributed by atoms with van der Waals surface area (Å²) in [5, 5.41) is 19.5. The third-order valence-electron chi connectivity index (χ3n) is 7.24. The maximum absolute atomic E-state index is 15.1. The number of rotatable bonds is 4. The maximum atomic E-state index is 15.1. The van der Waals surface area contributed by atoms with E-state index in [0.717, 1.165) is 25.7 Å². The molecule has 6 rings (SSSR count). The van der Waals surface area contributed by atoms with Crippen molar-refractivity contribution in [1.29, 1.82) is 5.26 Å². The van der Waals surface area contributed by atoms with Crippen molar-refractivity contribution >= 4 is 45.6 Å². The van der Waals surface area contributed by atoms with Crippen molar-refractivity contribution in [3.8, 4) is 6.07 Å². The fraction of sp³-hybridized carbons (Fsp3) is 0.296. The molecule has 1 fully saturated rings. The number of H-pyrrole nitrogens is 1. The zero-order chi connectivity index (χ0) is 25.5. The summed E-state index contributed by atoms with van der Waals surface area (Å²) in [6.45, 7) is 1.89. The minimum Gasteiger partial charge on any atom is -0.340 e. The molecule has 1 atom stereocenters. The first-order valence-corrected chi connectivity index (χ1v) is 12.4. The minimum absolute atomic E-state index is 0.103. The average Bonchev–Trinajstić information content (AvgIpc) is 3.42. The molecular formula is C27H25FN8O. The Balaban J connectivity index is 1.45. The summed E-state index contributed by atoms with van der Waals surface area (Å²) in [7, 11) is 0. The third kappa shape index (κ3) is 3.93. The van der Waals surface area contributed by atoms with Crippen molar-refractivity contribution < 1.29 is 9.18 Å². The van der Waals surface area contributed by atoms with Gasteiger partial charge in [-0.15, -0.1) is 0 Å². The Morgan fingerprint density at radius 2 is 2.00 bits per heavy atom. The highest BCUT2D eigenvalue weighted by molar-refractivity contribution is 6.10. The number of fused-ring (bicyclic) bond motifs is 2. The van der Waals surface area contributed by atoms with Crippen LogP contribution in [0.3, 0.4) is 0 Å². The number of carbonyl (C=O) groups excluding carboxylic acids is 1. The van der Waals surface area contributed by atoms with Crippen molar-refractivity contribution in [2.24, 2.45) is 0 Å². The molecule has 2 aromatic heterocycles. The van der Waals surface area contributed by atoms with Crippen LogP contribution in [-0.4, -0.2) is 38.2 Å². The zero-order valence-corrected chi connectivity index (χ0v) is 20.3. The number of amides is 1. The number of hydrogen-bond acceptors (Lipinski definition) is 7. The largest absolute Gasteiger partial charge is 0.340 e. The lowest BCUT2D eigenvalue weighted by Gasteiger charge is -2.45. The van der Waals surface area contributed by atoms with Crippen LogP contribution in [-0.2, 0) is 4.79 Å². The van der Waals surface area contributed by atoms with Crippen LogP contribution >= 0.6 is 0 Å². The Morgan fingerprint density at radius 3 is 2.81 bits per heavy atom. The molecule has 37 heavy (non-hydrogen) atoms. The molecule has 0 bridgehead atoms. The number of hydrogen-bond donors (Lipinski definition) is 2. The van der Waals surface area contributed by atoms with Gasteiger partial charge in [0.25, 0.3) is 5.91 Å². The lowest BCUT2D eigenvalue weighted by Crippen LogP contribution is -2.55. The van der Waals surface area contributed by atoms with Crippen molar-refractivity contribution in [3.05, 3.63) is 60.2 Å². The molecule has 186 valence electrons. The smallest absolute Gasteiger partial charge is 0.254 e. The van der Waals surface area contributed by atoms with Gasteiger partial charge < -0.3 is 10.2 Å². The van der Waals surface area contributed by atoms with E-state index in [1.807, 2.05) is 6.92 Å². The number of nitrogens with one attached hydrogen (secondary N) is 2. The molecule has 0 radical (unpaired) electrons. The zero-order valence-electron chi connectivity index (χ0n) is 20.3. The van der Waals surface area contributed by atoms with Crippen LogP contribution in [0.5, 0.6) is 0 Å². The Hall–Kier alpha value is -4.52. The topological polar surface area (TPSA) is 114 Å². The number of nitriles is 1. The Labute approximate surface area is 212 Å². The molecule has 10 heteroatoms. The first kappa shape index (κ1) is 22.9. The third-order valence-corrected chi connectivity index (χ3v) is 7.24. The number of carbonyl (C=O) groups is 1. The fourth-order valence-electron chi connectivity index (χ4n) is 5.41. The first-order chi connectivity index (χ1) is 18.0. The highest BCUT2D eigenvalue weighted by Gasteiger charge is 2.41. The lowest BCUT2D eigenvalue weighted by molar-refractivity contribution is -0.119. The normalized spacial score (nSPS) is 18.1. The predicted molar refractivity (Wildman–Crippen MR) is 138 cm³/mol. The van der Waals surface area contributed by atoms with Gasteiger partial charge in [-0.2, -0.15) is 15.3 Å². The summed E-state index contributed by atoms with van der Waals surface area (Å²) in [5.41, 5.74) is 2.41. The highest BCUT2D eigenvalue weighted by atomic mass is 19.1. The summed E-state index contributed by atoms with van der Waals surface area (Å²) < 4.78 is 15.1. The monoisotopic (exact) mass is 496 g/mol. The van der Waals surface area contributed by atoms with Crippen molar-refractivity contribution in [2.45, 2.75) is 51.1 Å². The van der Waals surface area contributed by atoms with E-state index in [2.05, 4.69) is 31.5 Å². The van der Waals surface area contributed by atoms with Crippen LogP contribution in [0, 0.1) is 17.1 Å². The molecule has 2 aliphatic rings. The van der Waals surface area contributed by atoms with Crippen LogP contribution in [0.25, 0.3) is 10.9 Å². The summed E-state index contributed by atoms with van der Waals surface area (Å²) >= 11 is 0. The van der Waals surface area contributed by atoms with Gasteiger partial charge in [0, 0.05) is 6.04 Å². The lowest BCUT2D eigenvalue weighted by atomic mass is 9.92. The summed E-state index contributed by atoms with van der Waals surface area (Å²) in [4.78, 5) is 26.7. The maximum Gasteiger partial charge on any atom is 0.254 e. The highest BCUT2D eigenvalue weighted by Crippen LogP contribution is 2.42. The molecule has 0 unspecified atom stereocenters. The number of aromatic nitrogens is 4. The number of anilines is 5. The molecule has 1 aliphatic heterocycles. The van der Waals surface area contributed by atoms with Crippen molar-refractivity contribution in [3.63, 3.8) is 0 Å². The van der Waals surface area contributed by atoms with Crippen LogP contribution in [0.4, 0.5) is 33.2 Å². The molecule has 2 N–H and O–H groups in total. The van der Waals surface area contributed by atoms with Crippen molar-refractivity contribution in [2.75, 3.05) is 15.1 Å². The average molecular weight is 497 g/mol. The predicted octanol–water partition coefficient (Wildman–Crippen LogP) is 5.31. The minimum atomic E-state index is -0.469. The molecule has 2 aromatic carbocycles. The van der Waals surface area contributed by atoms with Crippen LogP contribution < -0.4 is 15.1 Å². The van der Waals surface area contributed by atoms with E-state index in [0.29, 0.717) is 33.7 Å². The molecule has 9 nitrogen and oxygen atoms in total. The van der Waals surface area contributed by atoms with E-state index >= 15 is 4.39 Å². The molecule has 0 spiro atoms. The first-order valence-electron chi connectivity index (χ1n) is 12.4. The molecule has 0 saturated heterocycles. The summed E-state index contributed by atoms with van der Waals surface area (Å²) in [5.74, 6) is 0.293. The second-order valence-electron chi connectivity index (χ2n) is 9.50. The van der Waals surface area contributed by atoms with Gasteiger partial charge in [-0.3, -0.25) is 14.8 Å². The van der Waals surface area contributed by atoms with Gasteiger partial charge in [0.05, 0.1) is 46.3 Å². The molecule has 3 heterocycles. The Kier molecular flexibility index (Phi) is 5.68. The molecule has 1 saturated carbocycles. The van der Waals surface area contributed by atoms with Gasteiger partial charge in [-0.05, 0) is 50.1 Å². The Morgan fingerprint density at radius 1 is 1.16 bits per heavy atom. The van der Waals surface area contributed by atoms with E-state index in [9.17, 15) is 10.1 Å². The van der Waals surface area contributed by atoms with E-state index in [4.69, 9.17) is 4.98 Å². The molecule has 1 aliphatic carbocycles. The van der Waals surface area contributed by atoms with Crippen molar-refractivity contribution in [1.82, 2.24) is 20.2 Å². The SMILES string of the molecule is C[C@@H]1C(=O)N(c2cccc(C#N)c2)c2cnc(Nc3ccc4[nH]ncc4c3F)nc2N1C1CCCCC1. The summed E-state index contributed by atoms with van der Waals surface area (Å²) in [6.07, 6.45) is 8.35. The van der Waals surface area contributed by atoms with Gasteiger partial charge in [-0.1, -0.05) is 25.3 Å². The standard InChI is InChI=1S/C27H25FN8O/c1-16-26(37)36(19-9-5-6-17(12-19)13-29)23-15-30-27(33-25(23)35(16)18-7-3-2-4-8-18)32-22-11-10-21-20(24(22)28)14-31-34-21/h5-6,9-12,14-16,18H,2-4,7-8H2,1H3,(H,31,34)(H,30,32,33)/t16-/m1/s1. The number of nitrogens with zero attached hydrogens (tertiary/aromatic N) is 6. The van der Waals surface area contributed by atoms with E-state index in [-0.39, 0.29) is 23.6 Å². The quantitative estimate of drug-likeness (QED) is 0.393. The molecule has 4 aromatic rings. The van der Waals surface area contributed by atoms with Gasteiger partial charge >= 0.3 is 0 Å². The van der Waals surface area contributed by atoms with E-state index in [1.54, 1.807) is 47.5 Å². The number of benzene rings is 2. The molecular weight excluding hydrogens is 471 g/mol. The number of aromatic amines is 1.